The Bertz CT molecular complexity index is 568. The number of nitrogens with two attached hydrogens (primary N) is 1. The SMILES string of the molecule is N#Cc1cc(S(N)(=O)=O)c(C(F)F)c(I)n1. The van der Waals surface area contributed by atoms with Crippen LogP contribution in [0.15, 0.2) is 11.0 Å². The maximum absolute atomic E-state index is 12.6. The zero-order valence-corrected chi connectivity index (χ0v) is 10.5. The molecule has 0 aromatic carbocycles. The van der Waals surface area contributed by atoms with Crippen LogP contribution in [0.25, 0.3) is 0 Å². The molecule has 0 amide bonds. The molecule has 0 saturated carbocycles. The maximum Gasteiger partial charge on any atom is 0.267 e. The van der Waals surface area contributed by atoms with Gasteiger partial charge in [0.1, 0.15) is 15.5 Å². The first-order chi connectivity index (χ1) is 7.27. The first-order valence-electron chi connectivity index (χ1n) is 3.69. The zero-order valence-electron chi connectivity index (χ0n) is 7.49. The van der Waals surface area contributed by atoms with Crippen molar-refractivity contribution in [2.75, 3.05) is 0 Å². The summed E-state index contributed by atoms with van der Waals surface area (Å²) < 4.78 is 47.1. The van der Waals surface area contributed by atoms with Crippen LogP contribution in [0.1, 0.15) is 17.7 Å². The van der Waals surface area contributed by atoms with Crippen LogP contribution in [0.3, 0.4) is 0 Å². The van der Waals surface area contributed by atoms with Crippen LogP contribution in [0.5, 0.6) is 0 Å². The summed E-state index contributed by atoms with van der Waals surface area (Å²) in [5.74, 6) is 0. The first kappa shape index (κ1) is 13.2. The number of nitrogens with zero attached hydrogens (tertiary/aromatic N) is 2. The van der Waals surface area contributed by atoms with E-state index in [4.69, 9.17) is 10.4 Å². The number of aromatic nitrogens is 1. The lowest BCUT2D eigenvalue weighted by Crippen LogP contribution is -2.17. The summed E-state index contributed by atoms with van der Waals surface area (Å²) in [6, 6.07) is 2.30. The van der Waals surface area contributed by atoms with Crippen LogP contribution >= 0.6 is 22.6 Å². The normalized spacial score (nSPS) is 11.5. The Labute approximate surface area is 103 Å². The molecule has 1 rings (SSSR count). The second kappa shape index (κ2) is 4.56. The quantitative estimate of drug-likeness (QED) is 0.633. The van der Waals surface area contributed by atoms with Crippen molar-refractivity contribution in [1.82, 2.24) is 4.98 Å². The van der Waals surface area contributed by atoms with Gasteiger partial charge in [0.25, 0.3) is 6.43 Å². The molecule has 0 spiro atoms. The Morgan fingerprint density at radius 2 is 2.12 bits per heavy atom. The van der Waals surface area contributed by atoms with Crippen LogP contribution < -0.4 is 5.14 Å². The molecule has 1 aromatic rings. The molecular weight excluding hydrogens is 355 g/mol. The number of alkyl halides is 2. The van der Waals surface area contributed by atoms with Gasteiger partial charge in [0.15, 0.2) is 0 Å². The van der Waals surface area contributed by atoms with E-state index < -0.39 is 26.9 Å². The largest absolute Gasteiger partial charge is 0.267 e. The number of sulfonamides is 1. The molecule has 0 radical (unpaired) electrons. The van der Waals surface area contributed by atoms with Crippen molar-refractivity contribution in [3.63, 3.8) is 0 Å². The third-order valence-electron chi connectivity index (χ3n) is 1.61. The molecule has 1 aromatic heterocycles. The summed E-state index contributed by atoms with van der Waals surface area (Å²) in [5.41, 5.74) is -1.06. The standard InChI is InChI=1S/C7H4F2IN3O2S/c8-6(9)5-4(16(12,14)15)1-3(2-11)13-7(5)10/h1,6H,(H2,12,14,15). The van der Waals surface area contributed by atoms with Gasteiger partial charge in [0.2, 0.25) is 10.0 Å². The highest BCUT2D eigenvalue weighted by Crippen LogP contribution is 2.29. The van der Waals surface area contributed by atoms with E-state index in [0.29, 0.717) is 0 Å². The van der Waals surface area contributed by atoms with Gasteiger partial charge in [-0.25, -0.2) is 27.3 Å². The summed E-state index contributed by atoms with van der Waals surface area (Å²) in [6.07, 6.45) is -3.03. The average Bonchev–Trinajstić information content (AvgIpc) is 2.14. The third kappa shape index (κ3) is 2.63. The van der Waals surface area contributed by atoms with Crippen molar-refractivity contribution in [3.05, 3.63) is 21.0 Å². The first-order valence-corrected chi connectivity index (χ1v) is 6.31. The topological polar surface area (TPSA) is 96.8 Å². The van der Waals surface area contributed by atoms with Gasteiger partial charge >= 0.3 is 0 Å². The Morgan fingerprint density at radius 3 is 2.50 bits per heavy atom. The van der Waals surface area contributed by atoms with E-state index in [0.717, 1.165) is 6.07 Å². The second-order valence-corrected chi connectivity index (χ2v) is 5.22. The number of pyridine rings is 1. The fraction of sp³-hybridized carbons (Fsp3) is 0.143. The number of rotatable bonds is 2. The highest BCUT2D eigenvalue weighted by atomic mass is 127. The van der Waals surface area contributed by atoms with Gasteiger partial charge in [0.05, 0.1) is 10.5 Å². The minimum Gasteiger partial charge on any atom is -0.231 e. The minimum absolute atomic E-state index is 0.254. The van der Waals surface area contributed by atoms with Crippen molar-refractivity contribution < 1.29 is 17.2 Å². The highest BCUT2D eigenvalue weighted by molar-refractivity contribution is 14.1. The molecule has 0 bridgehead atoms. The van der Waals surface area contributed by atoms with Crippen molar-refractivity contribution in [2.24, 2.45) is 5.14 Å². The number of primary sulfonamides is 1. The fourth-order valence-corrected chi connectivity index (χ4v) is 2.73. The Balaban J connectivity index is 3.69. The highest BCUT2D eigenvalue weighted by Gasteiger charge is 2.25. The molecule has 0 aliphatic carbocycles. The van der Waals surface area contributed by atoms with E-state index in [1.165, 1.54) is 22.6 Å². The van der Waals surface area contributed by atoms with E-state index in [9.17, 15) is 17.2 Å². The summed E-state index contributed by atoms with van der Waals surface area (Å²) >= 11 is 1.43. The number of hydrogen-bond acceptors (Lipinski definition) is 4. The van der Waals surface area contributed by atoms with Crippen molar-refractivity contribution in [1.29, 1.82) is 5.26 Å². The van der Waals surface area contributed by atoms with Gasteiger partial charge in [-0.2, -0.15) is 5.26 Å². The predicted octanol–water partition coefficient (Wildman–Crippen LogP) is 1.14. The van der Waals surface area contributed by atoms with Gasteiger partial charge in [-0.3, -0.25) is 0 Å². The molecule has 2 N–H and O–H groups in total. The average molecular weight is 359 g/mol. The van der Waals surface area contributed by atoms with Crippen molar-refractivity contribution in [2.45, 2.75) is 11.3 Å². The molecule has 0 unspecified atom stereocenters. The smallest absolute Gasteiger partial charge is 0.231 e. The monoisotopic (exact) mass is 359 g/mol. The number of nitriles is 1. The van der Waals surface area contributed by atoms with E-state index in [1.807, 2.05) is 0 Å². The number of halogens is 3. The molecule has 0 saturated heterocycles. The van der Waals surface area contributed by atoms with Crippen LogP contribution in [0.2, 0.25) is 0 Å². The minimum atomic E-state index is -4.31. The molecule has 0 atom stereocenters. The molecular formula is C7H4F2IN3O2S. The van der Waals surface area contributed by atoms with Gasteiger partial charge < -0.3 is 0 Å². The van der Waals surface area contributed by atoms with Gasteiger partial charge in [-0.05, 0) is 28.7 Å². The molecule has 0 aliphatic heterocycles. The van der Waals surface area contributed by atoms with Crippen LogP contribution in [0.4, 0.5) is 8.78 Å². The van der Waals surface area contributed by atoms with Crippen molar-refractivity contribution >= 4 is 32.6 Å². The van der Waals surface area contributed by atoms with Gasteiger partial charge in [0, 0.05) is 0 Å². The van der Waals surface area contributed by atoms with E-state index in [-0.39, 0.29) is 9.39 Å². The lowest BCUT2D eigenvalue weighted by molar-refractivity contribution is 0.146. The van der Waals surface area contributed by atoms with E-state index >= 15 is 0 Å². The second-order valence-electron chi connectivity index (χ2n) is 2.67. The Morgan fingerprint density at radius 1 is 1.56 bits per heavy atom. The summed E-state index contributed by atoms with van der Waals surface area (Å²) in [5, 5.41) is 13.3. The van der Waals surface area contributed by atoms with E-state index in [2.05, 4.69) is 4.98 Å². The lowest BCUT2D eigenvalue weighted by Gasteiger charge is -2.08. The molecule has 1 heterocycles. The van der Waals surface area contributed by atoms with Gasteiger partial charge in [-0.15, -0.1) is 0 Å². The molecule has 16 heavy (non-hydrogen) atoms. The predicted molar refractivity (Wildman–Crippen MR) is 58.0 cm³/mol. The van der Waals surface area contributed by atoms with E-state index in [1.54, 1.807) is 6.07 Å². The van der Waals surface area contributed by atoms with Crippen LogP contribution in [-0.2, 0) is 10.0 Å². The molecule has 86 valence electrons. The Kier molecular flexibility index (Phi) is 3.76. The molecule has 0 fully saturated rings. The number of hydrogen-bond donors (Lipinski definition) is 1. The van der Waals surface area contributed by atoms with Crippen LogP contribution in [0, 0.1) is 15.0 Å². The summed E-state index contributed by atoms with van der Waals surface area (Å²) in [4.78, 5) is 2.75. The maximum atomic E-state index is 12.6. The van der Waals surface area contributed by atoms with Crippen LogP contribution in [-0.4, -0.2) is 13.4 Å². The summed E-state index contributed by atoms with van der Waals surface area (Å²) in [6.45, 7) is 0. The summed E-state index contributed by atoms with van der Waals surface area (Å²) in [7, 11) is -4.31. The fourth-order valence-electron chi connectivity index (χ4n) is 0.992. The Hall–Kier alpha value is -0.860. The molecule has 0 aliphatic rings. The van der Waals surface area contributed by atoms with Gasteiger partial charge in [-0.1, -0.05) is 0 Å². The zero-order chi connectivity index (χ0) is 12.5. The van der Waals surface area contributed by atoms with Crippen molar-refractivity contribution in [3.8, 4) is 6.07 Å². The lowest BCUT2D eigenvalue weighted by atomic mass is 10.2. The molecule has 9 heteroatoms. The third-order valence-corrected chi connectivity index (χ3v) is 3.39. The molecule has 5 nitrogen and oxygen atoms in total.